The lowest BCUT2D eigenvalue weighted by Crippen LogP contribution is -2.09. The summed E-state index contributed by atoms with van der Waals surface area (Å²) in [5, 5.41) is 0.261. The fourth-order valence-electron chi connectivity index (χ4n) is 1.43. The van der Waals surface area contributed by atoms with E-state index in [-0.39, 0.29) is 10.8 Å². The zero-order valence-corrected chi connectivity index (χ0v) is 10.0. The fourth-order valence-corrected chi connectivity index (χ4v) is 1.65. The van der Waals surface area contributed by atoms with Crippen molar-refractivity contribution in [3.05, 3.63) is 28.8 Å². The molecule has 0 aliphatic carbocycles. The van der Waals surface area contributed by atoms with Crippen molar-refractivity contribution in [3.8, 4) is 5.75 Å². The van der Waals surface area contributed by atoms with Crippen molar-refractivity contribution in [2.45, 2.75) is 20.5 Å². The minimum Gasteiger partial charge on any atom is -0.486 e. The van der Waals surface area contributed by atoms with Crippen LogP contribution in [0.1, 0.15) is 16.7 Å². The van der Waals surface area contributed by atoms with Gasteiger partial charge in [0.25, 0.3) is 0 Å². The van der Waals surface area contributed by atoms with E-state index in [1.807, 2.05) is 0 Å². The Balaban J connectivity index is 3.21. The Hall–Kier alpha value is -1.23. The van der Waals surface area contributed by atoms with E-state index in [1.54, 1.807) is 26.0 Å². The lowest BCUT2D eigenvalue weighted by Gasteiger charge is -2.14. The second-order valence-corrected chi connectivity index (χ2v) is 3.63. The van der Waals surface area contributed by atoms with Gasteiger partial charge in [-0.3, -0.25) is 0 Å². The van der Waals surface area contributed by atoms with Gasteiger partial charge in [-0.2, -0.15) is 8.78 Å². The van der Waals surface area contributed by atoms with Crippen LogP contribution in [-0.2, 0) is 4.74 Å². The van der Waals surface area contributed by atoms with Gasteiger partial charge in [0.2, 0.25) is 0 Å². The van der Waals surface area contributed by atoms with Crippen LogP contribution in [0.5, 0.6) is 5.75 Å². The van der Waals surface area contributed by atoms with Crippen molar-refractivity contribution >= 4 is 17.3 Å². The predicted octanol–water partition coefficient (Wildman–Crippen LogP) is 3.23. The molecule has 0 fully saturated rings. The van der Waals surface area contributed by atoms with Gasteiger partial charge in [0, 0.05) is 11.1 Å². The average Bonchev–Trinajstić information content (AvgIpc) is 2.23. The van der Waals surface area contributed by atoms with Crippen LogP contribution in [-0.4, -0.2) is 18.8 Å². The molecule has 0 saturated heterocycles. The van der Waals surface area contributed by atoms with Gasteiger partial charge in [-0.25, -0.2) is 0 Å². The average molecular weight is 246 g/mol. The third-order valence-corrected chi connectivity index (χ3v) is 2.60. The van der Waals surface area contributed by atoms with Crippen molar-refractivity contribution < 1.29 is 18.3 Å². The Labute approximate surface area is 98.2 Å². The highest BCUT2D eigenvalue weighted by Crippen LogP contribution is 2.28. The number of benzene rings is 1. The first-order chi connectivity index (χ1) is 7.47. The maximum atomic E-state index is 12.2. The molecular formula is C11H12F2O2S. The second-order valence-electron chi connectivity index (χ2n) is 3.25. The molecule has 0 aliphatic heterocycles. The minimum atomic E-state index is -2.84. The van der Waals surface area contributed by atoms with Gasteiger partial charge >= 0.3 is 6.61 Å². The maximum absolute atomic E-state index is 12.2. The molecule has 1 aromatic carbocycles. The number of methoxy groups -OCH3 is 1. The number of aryl methyl sites for hydroxylation is 1. The lowest BCUT2D eigenvalue weighted by atomic mass is 10.0. The lowest BCUT2D eigenvalue weighted by molar-refractivity contribution is -0.0507. The molecule has 0 aliphatic rings. The van der Waals surface area contributed by atoms with E-state index in [9.17, 15) is 8.78 Å². The molecule has 0 saturated carbocycles. The molecule has 0 N–H and O–H groups in total. The molecule has 0 amide bonds. The van der Waals surface area contributed by atoms with Crippen LogP contribution >= 0.6 is 12.2 Å². The topological polar surface area (TPSA) is 18.5 Å². The summed E-state index contributed by atoms with van der Waals surface area (Å²) < 4.78 is 33.8. The molecule has 1 aromatic rings. The smallest absolute Gasteiger partial charge is 0.387 e. The maximum Gasteiger partial charge on any atom is 0.387 e. The number of halogens is 2. The molecule has 0 atom stereocenters. The number of hydrogen-bond acceptors (Lipinski definition) is 3. The largest absolute Gasteiger partial charge is 0.486 e. The molecule has 1 rings (SSSR count). The molecule has 5 heteroatoms. The summed E-state index contributed by atoms with van der Waals surface area (Å²) in [5.74, 6) is 0.159. The number of thiocarbonyl (C=S) groups is 1. The highest BCUT2D eigenvalue weighted by atomic mass is 32.1. The fraction of sp³-hybridized carbons (Fsp3) is 0.364. The highest BCUT2D eigenvalue weighted by molar-refractivity contribution is 7.80. The van der Waals surface area contributed by atoms with Gasteiger partial charge in [-0.15, -0.1) is 0 Å². The summed E-state index contributed by atoms with van der Waals surface area (Å²) in [6.45, 7) is 0.527. The van der Waals surface area contributed by atoms with Crippen LogP contribution in [0, 0.1) is 13.8 Å². The number of rotatable bonds is 3. The highest BCUT2D eigenvalue weighted by Gasteiger charge is 2.15. The van der Waals surface area contributed by atoms with Crippen LogP contribution in [0.2, 0.25) is 0 Å². The minimum absolute atomic E-state index is 0.159. The first kappa shape index (κ1) is 12.8. The Morgan fingerprint density at radius 1 is 1.31 bits per heavy atom. The van der Waals surface area contributed by atoms with Crippen LogP contribution in [0.25, 0.3) is 0 Å². The molecule has 16 heavy (non-hydrogen) atoms. The second kappa shape index (κ2) is 5.21. The normalized spacial score (nSPS) is 10.4. The Morgan fingerprint density at radius 3 is 2.44 bits per heavy atom. The summed E-state index contributed by atoms with van der Waals surface area (Å²) in [5.41, 5.74) is 1.80. The van der Waals surface area contributed by atoms with E-state index in [2.05, 4.69) is 4.74 Å². The standard InChI is InChI=1S/C11H12F2O2S/c1-6-4-5-8(10(16)14-3)7(2)9(6)15-11(12)13/h4-5,11H,1-3H3. The van der Waals surface area contributed by atoms with E-state index in [1.165, 1.54) is 7.11 Å². The third-order valence-electron chi connectivity index (χ3n) is 2.22. The van der Waals surface area contributed by atoms with Crippen molar-refractivity contribution in [1.29, 1.82) is 0 Å². The van der Waals surface area contributed by atoms with Gasteiger partial charge in [0.1, 0.15) is 5.75 Å². The van der Waals surface area contributed by atoms with Crippen LogP contribution in [0.3, 0.4) is 0 Å². The third kappa shape index (κ3) is 2.66. The van der Waals surface area contributed by atoms with E-state index in [0.717, 1.165) is 0 Å². The van der Waals surface area contributed by atoms with Gasteiger partial charge in [0.05, 0.1) is 7.11 Å². The summed E-state index contributed by atoms with van der Waals surface area (Å²) in [6, 6.07) is 3.40. The van der Waals surface area contributed by atoms with Crippen LogP contribution in [0.15, 0.2) is 12.1 Å². The molecule has 0 bridgehead atoms. The van der Waals surface area contributed by atoms with Crippen molar-refractivity contribution in [2.24, 2.45) is 0 Å². The first-order valence-electron chi connectivity index (χ1n) is 4.60. The zero-order chi connectivity index (χ0) is 12.3. The Bertz CT molecular complexity index is 405. The molecular weight excluding hydrogens is 234 g/mol. The van der Waals surface area contributed by atoms with E-state index in [0.29, 0.717) is 16.7 Å². The van der Waals surface area contributed by atoms with E-state index < -0.39 is 6.61 Å². The summed E-state index contributed by atoms with van der Waals surface area (Å²) in [6.07, 6.45) is 0. The van der Waals surface area contributed by atoms with Crippen LogP contribution < -0.4 is 4.74 Å². The molecule has 0 heterocycles. The summed E-state index contributed by atoms with van der Waals surface area (Å²) in [7, 11) is 1.44. The quantitative estimate of drug-likeness (QED) is 0.763. The molecule has 0 unspecified atom stereocenters. The van der Waals surface area contributed by atoms with E-state index in [4.69, 9.17) is 17.0 Å². The number of alkyl halides is 2. The van der Waals surface area contributed by atoms with Crippen molar-refractivity contribution in [2.75, 3.05) is 7.11 Å². The van der Waals surface area contributed by atoms with E-state index >= 15 is 0 Å². The number of ether oxygens (including phenoxy) is 2. The van der Waals surface area contributed by atoms with Crippen molar-refractivity contribution in [1.82, 2.24) is 0 Å². The number of hydrogen-bond donors (Lipinski definition) is 0. The molecule has 0 radical (unpaired) electrons. The molecule has 0 spiro atoms. The summed E-state index contributed by atoms with van der Waals surface area (Å²) in [4.78, 5) is 0. The SMILES string of the molecule is COC(=S)c1ccc(C)c(OC(F)F)c1C. The van der Waals surface area contributed by atoms with Gasteiger partial charge in [-0.1, -0.05) is 6.07 Å². The monoisotopic (exact) mass is 246 g/mol. The Kier molecular flexibility index (Phi) is 4.18. The molecule has 0 aromatic heterocycles. The zero-order valence-electron chi connectivity index (χ0n) is 9.21. The molecule has 2 nitrogen and oxygen atoms in total. The van der Waals surface area contributed by atoms with Crippen molar-refractivity contribution in [3.63, 3.8) is 0 Å². The van der Waals surface area contributed by atoms with Gasteiger partial charge in [0.15, 0.2) is 5.05 Å². The molecule has 88 valence electrons. The van der Waals surface area contributed by atoms with Crippen LogP contribution in [0.4, 0.5) is 8.78 Å². The predicted molar refractivity (Wildman–Crippen MR) is 61.3 cm³/mol. The van der Waals surface area contributed by atoms with Gasteiger partial charge < -0.3 is 9.47 Å². The van der Waals surface area contributed by atoms with Gasteiger partial charge in [-0.05, 0) is 37.7 Å². The Morgan fingerprint density at radius 2 is 1.94 bits per heavy atom. The first-order valence-corrected chi connectivity index (χ1v) is 5.01. The summed E-state index contributed by atoms with van der Waals surface area (Å²) >= 11 is 4.96.